The zero-order chi connectivity index (χ0) is 13.1. The van der Waals surface area contributed by atoms with E-state index in [0.29, 0.717) is 10.8 Å². The number of rotatable bonds is 3. The smallest absolute Gasteiger partial charge is 0.322 e. The van der Waals surface area contributed by atoms with Gasteiger partial charge in [0.05, 0.1) is 17.4 Å². The average molecular weight is 273 g/mol. The Balaban J connectivity index is 1.95. The highest BCUT2D eigenvalue weighted by atomic mass is 35.5. The molecule has 5 nitrogen and oxygen atoms in total. The van der Waals surface area contributed by atoms with Gasteiger partial charge < -0.3 is 4.74 Å². The SMILES string of the molecule is Clc1cnc(Oc2ccccc2-n2cccn2)nc1. The van der Waals surface area contributed by atoms with Crippen LogP contribution in [0.15, 0.2) is 55.1 Å². The molecule has 2 heterocycles. The molecule has 3 rings (SSSR count). The second kappa shape index (κ2) is 5.07. The van der Waals surface area contributed by atoms with Gasteiger partial charge in [-0.2, -0.15) is 5.10 Å². The van der Waals surface area contributed by atoms with Crippen molar-refractivity contribution in [2.24, 2.45) is 0 Å². The Morgan fingerprint density at radius 1 is 1.05 bits per heavy atom. The number of nitrogens with zero attached hydrogens (tertiary/aromatic N) is 4. The third-order valence-corrected chi connectivity index (χ3v) is 2.61. The van der Waals surface area contributed by atoms with Crippen LogP contribution in [0.3, 0.4) is 0 Å². The zero-order valence-corrected chi connectivity index (χ0v) is 10.5. The van der Waals surface area contributed by atoms with E-state index in [0.717, 1.165) is 5.69 Å². The van der Waals surface area contributed by atoms with Crippen LogP contribution in [0.1, 0.15) is 0 Å². The monoisotopic (exact) mass is 272 g/mol. The molecule has 0 saturated heterocycles. The number of hydrogen-bond donors (Lipinski definition) is 0. The Kier molecular flexibility index (Phi) is 3.12. The van der Waals surface area contributed by atoms with E-state index in [2.05, 4.69) is 15.1 Å². The van der Waals surface area contributed by atoms with Crippen LogP contribution < -0.4 is 4.74 Å². The fourth-order valence-electron chi connectivity index (χ4n) is 1.60. The molecule has 0 saturated carbocycles. The molecule has 0 aliphatic carbocycles. The Morgan fingerprint density at radius 2 is 1.84 bits per heavy atom. The van der Waals surface area contributed by atoms with Crippen LogP contribution >= 0.6 is 11.6 Å². The highest BCUT2D eigenvalue weighted by Gasteiger charge is 2.07. The van der Waals surface area contributed by atoms with Crippen molar-refractivity contribution >= 4 is 11.6 Å². The minimum Gasteiger partial charge on any atom is -0.422 e. The normalized spacial score (nSPS) is 10.4. The summed E-state index contributed by atoms with van der Waals surface area (Å²) in [5.41, 5.74) is 0.811. The van der Waals surface area contributed by atoms with Gasteiger partial charge in [0.15, 0.2) is 5.75 Å². The molecular weight excluding hydrogens is 264 g/mol. The molecule has 0 radical (unpaired) electrons. The summed E-state index contributed by atoms with van der Waals surface area (Å²) < 4.78 is 7.36. The molecule has 0 bridgehead atoms. The molecule has 6 heteroatoms. The van der Waals surface area contributed by atoms with Gasteiger partial charge in [-0.1, -0.05) is 23.7 Å². The van der Waals surface area contributed by atoms with Gasteiger partial charge in [-0.05, 0) is 18.2 Å². The summed E-state index contributed by atoms with van der Waals surface area (Å²) in [5, 5.41) is 4.64. The van der Waals surface area contributed by atoms with Gasteiger partial charge in [0.25, 0.3) is 0 Å². The zero-order valence-electron chi connectivity index (χ0n) is 9.77. The first-order valence-electron chi connectivity index (χ1n) is 5.57. The van der Waals surface area contributed by atoms with Crippen LogP contribution in [0.5, 0.6) is 11.8 Å². The second-order valence-electron chi connectivity index (χ2n) is 3.70. The maximum Gasteiger partial charge on any atom is 0.322 e. The van der Waals surface area contributed by atoms with Crippen LogP contribution in [0.2, 0.25) is 5.02 Å². The second-order valence-corrected chi connectivity index (χ2v) is 4.14. The third-order valence-electron chi connectivity index (χ3n) is 2.41. The lowest BCUT2D eigenvalue weighted by molar-refractivity contribution is 0.438. The first-order chi connectivity index (χ1) is 9.33. The van der Waals surface area contributed by atoms with Crippen molar-refractivity contribution in [2.75, 3.05) is 0 Å². The first kappa shape index (κ1) is 11.7. The van der Waals surface area contributed by atoms with Crippen LogP contribution in [-0.4, -0.2) is 19.7 Å². The Bertz CT molecular complexity index is 667. The van der Waals surface area contributed by atoms with E-state index >= 15 is 0 Å². The Hall–Kier alpha value is -2.40. The maximum absolute atomic E-state index is 5.73. The lowest BCUT2D eigenvalue weighted by Crippen LogP contribution is -1.99. The van der Waals surface area contributed by atoms with Crippen molar-refractivity contribution in [1.82, 2.24) is 19.7 Å². The summed E-state index contributed by atoms with van der Waals surface area (Å²) in [7, 11) is 0. The number of hydrogen-bond acceptors (Lipinski definition) is 4. The quantitative estimate of drug-likeness (QED) is 0.735. The van der Waals surface area contributed by atoms with Crippen LogP contribution in [0.25, 0.3) is 5.69 Å². The number of benzene rings is 1. The number of aromatic nitrogens is 4. The minimum atomic E-state index is 0.240. The van der Waals surface area contributed by atoms with E-state index in [-0.39, 0.29) is 6.01 Å². The van der Waals surface area contributed by atoms with Crippen LogP contribution in [0.4, 0.5) is 0 Å². The summed E-state index contributed by atoms with van der Waals surface area (Å²) >= 11 is 5.73. The van der Waals surface area contributed by atoms with E-state index in [1.807, 2.05) is 36.5 Å². The summed E-state index contributed by atoms with van der Waals surface area (Å²) in [4.78, 5) is 8.00. The van der Waals surface area contributed by atoms with Crippen molar-refractivity contribution < 1.29 is 4.74 Å². The predicted molar refractivity (Wildman–Crippen MR) is 70.7 cm³/mol. The number of ether oxygens (including phenoxy) is 1. The molecule has 0 unspecified atom stereocenters. The van der Waals surface area contributed by atoms with E-state index in [4.69, 9.17) is 16.3 Å². The van der Waals surface area contributed by atoms with E-state index < -0.39 is 0 Å². The van der Waals surface area contributed by atoms with Crippen molar-refractivity contribution in [3.05, 3.63) is 60.1 Å². The molecule has 0 N–H and O–H groups in total. The molecule has 0 aliphatic rings. The fourth-order valence-corrected chi connectivity index (χ4v) is 1.69. The first-order valence-corrected chi connectivity index (χ1v) is 5.95. The number of para-hydroxylation sites is 2. The fraction of sp³-hybridized carbons (Fsp3) is 0. The van der Waals surface area contributed by atoms with E-state index in [9.17, 15) is 0 Å². The molecule has 0 aliphatic heterocycles. The topological polar surface area (TPSA) is 52.8 Å². The van der Waals surface area contributed by atoms with Crippen molar-refractivity contribution in [2.45, 2.75) is 0 Å². The molecule has 19 heavy (non-hydrogen) atoms. The minimum absolute atomic E-state index is 0.240. The lowest BCUT2D eigenvalue weighted by atomic mass is 10.3. The Labute approximate surface area is 114 Å². The molecule has 94 valence electrons. The summed E-state index contributed by atoms with van der Waals surface area (Å²) in [5.74, 6) is 0.619. The van der Waals surface area contributed by atoms with Gasteiger partial charge in [0.2, 0.25) is 0 Å². The number of halogens is 1. The van der Waals surface area contributed by atoms with Crippen molar-refractivity contribution in [3.63, 3.8) is 0 Å². The highest BCUT2D eigenvalue weighted by molar-refractivity contribution is 6.30. The van der Waals surface area contributed by atoms with Crippen LogP contribution in [0, 0.1) is 0 Å². The lowest BCUT2D eigenvalue weighted by Gasteiger charge is -2.09. The molecule has 0 fully saturated rings. The summed E-state index contributed by atoms with van der Waals surface area (Å²) in [6, 6.07) is 9.59. The van der Waals surface area contributed by atoms with E-state index in [1.165, 1.54) is 12.4 Å². The molecule has 0 atom stereocenters. The highest BCUT2D eigenvalue weighted by Crippen LogP contribution is 2.25. The molecule has 3 aromatic rings. The molecule has 2 aromatic heterocycles. The van der Waals surface area contributed by atoms with E-state index in [1.54, 1.807) is 10.9 Å². The summed E-state index contributed by atoms with van der Waals surface area (Å²) in [6.07, 6.45) is 6.52. The average Bonchev–Trinajstić information content (AvgIpc) is 2.96. The molecule has 0 spiro atoms. The standard InChI is InChI=1S/C13H9ClN4O/c14-10-8-15-13(16-9-10)19-12-5-2-1-4-11(12)18-7-3-6-17-18/h1-9H. The summed E-state index contributed by atoms with van der Waals surface area (Å²) in [6.45, 7) is 0. The molecule has 1 aromatic carbocycles. The Morgan fingerprint density at radius 3 is 2.58 bits per heavy atom. The predicted octanol–water partition coefficient (Wildman–Crippen LogP) is 3.11. The third kappa shape index (κ3) is 2.56. The largest absolute Gasteiger partial charge is 0.422 e. The molecule has 0 amide bonds. The van der Waals surface area contributed by atoms with Gasteiger partial charge in [-0.3, -0.25) is 0 Å². The van der Waals surface area contributed by atoms with Crippen molar-refractivity contribution in [3.8, 4) is 17.4 Å². The van der Waals surface area contributed by atoms with Crippen molar-refractivity contribution in [1.29, 1.82) is 0 Å². The van der Waals surface area contributed by atoms with Gasteiger partial charge in [-0.15, -0.1) is 0 Å². The van der Waals surface area contributed by atoms with Crippen LogP contribution in [-0.2, 0) is 0 Å². The van der Waals surface area contributed by atoms with Gasteiger partial charge in [-0.25, -0.2) is 14.6 Å². The van der Waals surface area contributed by atoms with Gasteiger partial charge in [0, 0.05) is 12.4 Å². The van der Waals surface area contributed by atoms with Gasteiger partial charge >= 0.3 is 6.01 Å². The van der Waals surface area contributed by atoms with Gasteiger partial charge in [0.1, 0.15) is 5.69 Å². The molecular formula is C13H9ClN4O. The maximum atomic E-state index is 5.73.